The van der Waals surface area contributed by atoms with E-state index >= 15 is 0 Å². The van der Waals surface area contributed by atoms with Crippen molar-refractivity contribution < 1.29 is 9.52 Å². The highest BCUT2D eigenvalue weighted by Gasteiger charge is 2.21. The summed E-state index contributed by atoms with van der Waals surface area (Å²) in [5.41, 5.74) is 4.33. The van der Waals surface area contributed by atoms with Gasteiger partial charge in [-0.2, -0.15) is 0 Å². The minimum atomic E-state index is -0.126. The average Bonchev–Trinajstić information content (AvgIpc) is 2.71. The molecule has 152 valence electrons. The quantitative estimate of drug-likeness (QED) is 0.175. The lowest BCUT2D eigenvalue weighted by Crippen LogP contribution is -2.10. The van der Waals surface area contributed by atoms with E-state index in [2.05, 4.69) is 35.9 Å². The van der Waals surface area contributed by atoms with E-state index in [0.717, 1.165) is 32.5 Å². The Labute approximate surface area is 188 Å². The van der Waals surface area contributed by atoms with Crippen LogP contribution in [0.2, 0.25) is 0 Å². The first kappa shape index (κ1) is 21.3. The summed E-state index contributed by atoms with van der Waals surface area (Å²) in [5.74, 6) is 0.595. The van der Waals surface area contributed by atoms with E-state index in [1.807, 2.05) is 19.2 Å². The van der Waals surface area contributed by atoms with Crippen molar-refractivity contribution in [1.29, 1.82) is 0 Å². The molecule has 2 aliphatic rings. The molecule has 0 bridgehead atoms. The van der Waals surface area contributed by atoms with Crippen molar-refractivity contribution in [2.24, 2.45) is 0 Å². The molecule has 1 aliphatic heterocycles. The Morgan fingerprint density at radius 1 is 1.10 bits per heavy atom. The van der Waals surface area contributed by atoms with Crippen molar-refractivity contribution >= 4 is 57.7 Å². The number of hydrogen-bond acceptors (Lipinski definition) is 5. The summed E-state index contributed by atoms with van der Waals surface area (Å²) in [7, 11) is 7.44. The highest BCUT2D eigenvalue weighted by Crippen LogP contribution is 2.46. The van der Waals surface area contributed by atoms with Gasteiger partial charge in [-0.25, -0.2) is 0 Å². The summed E-state index contributed by atoms with van der Waals surface area (Å²) in [4.78, 5) is 13.0. The normalized spacial score (nSPS) is 11.3. The van der Waals surface area contributed by atoms with Crippen LogP contribution >= 0.6 is 42.5 Å². The van der Waals surface area contributed by atoms with E-state index in [0.29, 0.717) is 15.7 Å². The summed E-state index contributed by atoms with van der Waals surface area (Å²) >= 11 is 6.80. The van der Waals surface area contributed by atoms with Crippen molar-refractivity contribution in [3.8, 4) is 28.2 Å². The fourth-order valence-electron chi connectivity index (χ4n) is 3.42. The van der Waals surface area contributed by atoms with Gasteiger partial charge in [-0.05, 0) is 47.5 Å². The average molecular weight is 471 g/mol. The molecule has 2 aromatic carbocycles. The lowest BCUT2D eigenvalue weighted by Gasteiger charge is -2.20. The molecule has 0 fully saturated rings. The monoisotopic (exact) mass is 471 g/mol. The highest BCUT2D eigenvalue weighted by molar-refractivity contribution is 8.23. The number of phenols is 1. The first-order valence-corrected chi connectivity index (χ1v) is 11.7. The Kier molecular flexibility index (Phi) is 6.13. The lowest BCUT2D eigenvalue weighted by molar-refractivity contribution is 0.474. The third-order valence-corrected chi connectivity index (χ3v) is 6.79. The van der Waals surface area contributed by atoms with Gasteiger partial charge >= 0.3 is 0 Å². The second kappa shape index (κ2) is 8.64. The van der Waals surface area contributed by atoms with Crippen LogP contribution in [-0.4, -0.2) is 16.5 Å². The van der Waals surface area contributed by atoms with Gasteiger partial charge in [0.2, 0.25) is 0 Å². The summed E-state index contributed by atoms with van der Waals surface area (Å²) in [5, 5.41) is 13.9. The van der Waals surface area contributed by atoms with Crippen LogP contribution in [0, 0.1) is 0 Å². The van der Waals surface area contributed by atoms with Gasteiger partial charge in [0, 0.05) is 46.0 Å². The molecule has 4 nitrogen and oxygen atoms in total. The van der Waals surface area contributed by atoms with Gasteiger partial charge < -0.3 is 14.8 Å². The first-order valence-electron chi connectivity index (χ1n) is 9.12. The number of thiocarbonyl (C=S) groups is 1. The second-order valence-corrected chi connectivity index (χ2v) is 10.7. The maximum atomic E-state index is 11.9. The van der Waals surface area contributed by atoms with Crippen molar-refractivity contribution in [2.45, 2.75) is 10.3 Å². The lowest BCUT2D eigenvalue weighted by atomic mass is 9.91. The fraction of sp³-hybridized carbons (Fsp3) is 0.0909. The van der Waals surface area contributed by atoms with Crippen LogP contribution in [0.25, 0.3) is 33.4 Å². The molecule has 0 radical (unpaired) electrons. The van der Waals surface area contributed by atoms with Crippen molar-refractivity contribution in [2.75, 3.05) is 7.05 Å². The van der Waals surface area contributed by atoms with Crippen LogP contribution < -0.4 is 10.7 Å². The van der Waals surface area contributed by atoms with Gasteiger partial charge in [0.15, 0.2) is 5.43 Å². The number of aromatic hydroxyl groups is 1. The molecule has 0 saturated heterocycles. The second-order valence-electron chi connectivity index (χ2n) is 6.73. The van der Waals surface area contributed by atoms with Gasteiger partial charge in [0.1, 0.15) is 21.4 Å². The van der Waals surface area contributed by atoms with Crippen LogP contribution in [0.5, 0.6) is 5.75 Å². The molecule has 4 rings (SSSR count). The predicted molar refractivity (Wildman–Crippen MR) is 136 cm³/mol. The van der Waals surface area contributed by atoms with Gasteiger partial charge in [0.05, 0.1) is 0 Å². The Morgan fingerprint density at radius 2 is 1.87 bits per heavy atom. The van der Waals surface area contributed by atoms with Gasteiger partial charge in [-0.3, -0.25) is 4.79 Å². The summed E-state index contributed by atoms with van der Waals surface area (Å²) in [6.07, 6.45) is 0. The Bertz CT molecular complexity index is 1300. The third kappa shape index (κ3) is 4.10. The summed E-state index contributed by atoms with van der Waals surface area (Å²) in [6, 6.07) is 16.1. The van der Waals surface area contributed by atoms with Gasteiger partial charge in [0.25, 0.3) is 0 Å². The molecule has 0 spiro atoms. The molecular formula is C22H19NO3P2S2. The van der Waals surface area contributed by atoms with E-state index in [4.69, 9.17) is 16.6 Å². The number of benzene rings is 3. The van der Waals surface area contributed by atoms with E-state index in [1.54, 1.807) is 24.3 Å². The number of thioether (sulfide) groups is 1. The van der Waals surface area contributed by atoms with Crippen LogP contribution in [0.1, 0.15) is 11.0 Å². The van der Waals surface area contributed by atoms with Gasteiger partial charge in [-0.15, -0.1) is 18.5 Å². The zero-order valence-corrected chi connectivity index (χ0v) is 20.0. The molecule has 2 unspecified atom stereocenters. The van der Waals surface area contributed by atoms with Crippen LogP contribution in [-0.2, 0) is 0 Å². The molecule has 2 N–H and O–H groups in total. The van der Waals surface area contributed by atoms with Crippen molar-refractivity contribution in [3.63, 3.8) is 0 Å². The van der Waals surface area contributed by atoms with E-state index < -0.39 is 0 Å². The minimum absolute atomic E-state index is 0.0989. The SMILES string of the molecule is CNC(=S)Sc1ccc(-c2c3ccc(=O)cc-3oc3cc(O)ccc23)c(C(P)P)c1. The zero-order valence-electron chi connectivity index (χ0n) is 16.0. The molecule has 30 heavy (non-hydrogen) atoms. The standard InChI is InChI=1S/C22H19NO3P2S2/c1-23-22(29)30-13-4-7-14(17(10-13)21(27)28)20-15-5-2-11(24)8-18(15)26-19-9-12(25)3-6-16(19)20/h2-10,21,24H,27-28H2,1H3,(H,23,29). The maximum absolute atomic E-state index is 11.9. The molecule has 0 saturated carbocycles. The van der Waals surface area contributed by atoms with Crippen LogP contribution in [0.15, 0.2) is 68.7 Å². The van der Waals surface area contributed by atoms with Crippen LogP contribution in [0.3, 0.4) is 0 Å². The number of fused-ring (bicyclic) bond motifs is 2. The summed E-state index contributed by atoms with van der Waals surface area (Å²) < 4.78 is 6.66. The first-order chi connectivity index (χ1) is 14.4. The number of hydrogen-bond donors (Lipinski definition) is 2. The molecule has 2 aromatic rings. The van der Waals surface area contributed by atoms with Crippen LogP contribution in [0.4, 0.5) is 0 Å². The predicted octanol–water partition coefficient (Wildman–Crippen LogP) is 5.62. The molecule has 0 amide bonds. The molecule has 0 aromatic heterocycles. The largest absolute Gasteiger partial charge is 0.508 e. The number of nitrogens with one attached hydrogen (secondary N) is 1. The topological polar surface area (TPSA) is 62.5 Å². The minimum Gasteiger partial charge on any atom is -0.508 e. The third-order valence-electron chi connectivity index (χ3n) is 4.74. The van der Waals surface area contributed by atoms with E-state index in [9.17, 15) is 9.90 Å². The van der Waals surface area contributed by atoms with Crippen molar-refractivity contribution in [1.82, 2.24) is 5.32 Å². The van der Waals surface area contributed by atoms with Gasteiger partial charge in [-0.1, -0.05) is 30.0 Å². The van der Waals surface area contributed by atoms with E-state index in [1.165, 1.54) is 17.8 Å². The number of rotatable bonds is 3. The Hall–Kier alpha value is -1.97. The molecule has 2 atom stereocenters. The van der Waals surface area contributed by atoms with Crippen molar-refractivity contribution in [3.05, 3.63) is 70.4 Å². The zero-order chi connectivity index (χ0) is 21.4. The molecular weight excluding hydrogens is 452 g/mol. The Balaban J connectivity index is 2.04. The molecule has 8 heteroatoms. The summed E-state index contributed by atoms with van der Waals surface area (Å²) in [6.45, 7) is 0. The molecule has 1 heterocycles. The molecule has 1 aliphatic carbocycles. The Morgan fingerprint density at radius 3 is 2.60 bits per heavy atom. The fourth-order valence-corrected chi connectivity index (χ4v) is 4.89. The highest BCUT2D eigenvalue weighted by atomic mass is 32.2. The maximum Gasteiger partial charge on any atom is 0.182 e. The smallest absolute Gasteiger partial charge is 0.182 e. The number of phenolic OH excluding ortho intramolecular Hbond substituents is 1. The van der Waals surface area contributed by atoms with E-state index in [-0.39, 0.29) is 16.6 Å².